The van der Waals surface area contributed by atoms with E-state index in [1.165, 1.54) is 5.56 Å². The highest BCUT2D eigenvalue weighted by Crippen LogP contribution is 2.32. The summed E-state index contributed by atoms with van der Waals surface area (Å²) >= 11 is 1.66. The number of piperidine rings is 1. The molecule has 4 heterocycles. The van der Waals surface area contributed by atoms with Crippen LogP contribution in [0.1, 0.15) is 34.5 Å². The third kappa shape index (κ3) is 3.00. The van der Waals surface area contributed by atoms with Crippen molar-refractivity contribution in [2.75, 3.05) is 18.0 Å². The number of rotatable bonds is 3. The van der Waals surface area contributed by atoms with Crippen molar-refractivity contribution in [1.82, 2.24) is 15.3 Å². The number of furan rings is 1. The Morgan fingerprint density at radius 3 is 2.84 bits per heavy atom. The maximum Gasteiger partial charge on any atom is 0.255 e. The first kappa shape index (κ1) is 16.1. The zero-order valence-electron chi connectivity index (χ0n) is 14.3. The van der Waals surface area contributed by atoms with Gasteiger partial charge in [-0.15, -0.1) is 11.3 Å². The Labute approximate surface area is 149 Å². The molecule has 0 spiro atoms. The zero-order chi connectivity index (χ0) is 17.4. The number of anilines is 1. The molecule has 1 aliphatic rings. The van der Waals surface area contributed by atoms with E-state index >= 15 is 0 Å². The van der Waals surface area contributed by atoms with Gasteiger partial charge in [0.2, 0.25) is 0 Å². The molecule has 130 valence electrons. The van der Waals surface area contributed by atoms with Crippen LogP contribution in [0.25, 0.3) is 10.2 Å². The lowest BCUT2D eigenvalue weighted by Crippen LogP contribution is -2.45. The van der Waals surface area contributed by atoms with Gasteiger partial charge in [0.05, 0.1) is 17.2 Å². The number of nitrogens with one attached hydrogen (secondary N) is 1. The highest BCUT2D eigenvalue weighted by molar-refractivity contribution is 7.17. The van der Waals surface area contributed by atoms with Crippen molar-refractivity contribution in [3.63, 3.8) is 0 Å². The fourth-order valence-corrected chi connectivity index (χ4v) is 4.24. The predicted molar refractivity (Wildman–Crippen MR) is 98.3 cm³/mol. The minimum absolute atomic E-state index is 0.0530. The second kappa shape index (κ2) is 6.48. The summed E-state index contributed by atoms with van der Waals surface area (Å²) in [7, 11) is 0. The number of nitrogens with zero attached hydrogens (tertiary/aromatic N) is 3. The van der Waals surface area contributed by atoms with Gasteiger partial charge in [-0.1, -0.05) is 0 Å². The first-order valence-electron chi connectivity index (χ1n) is 8.42. The summed E-state index contributed by atoms with van der Waals surface area (Å²) in [5.41, 5.74) is 1.84. The van der Waals surface area contributed by atoms with Gasteiger partial charge in [-0.2, -0.15) is 0 Å². The molecule has 1 amide bonds. The zero-order valence-corrected chi connectivity index (χ0v) is 15.1. The lowest BCUT2D eigenvalue weighted by atomic mass is 10.0. The van der Waals surface area contributed by atoms with E-state index in [0.717, 1.165) is 42.0 Å². The smallest absolute Gasteiger partial charge is 0.255 e. The summed E-state index contributed by atoms with van der Waals surface area (Å²) in [6, 6.07) is 1.90. The number of carbonyl (C=O) groups is 1. The normalized spacial score (nSPS) is 15.7. The molecule has 3 aromatic heterocycles. The van der Waals surface area contributed by atoms with Crippen LogP contribution >= 0.6 is 11.3 Å². The number of fused-ring (bicyclic) bond motifs is 1. The number of carbonyl (C=O) groups excluding carboxylic acids is 1. The molecule has 0 aliphatic carbocycles. The minimum Gasteiger partial charge on any atom is -0.469 e. The number of aromatic nitrogens is 2. The van der Waals surface area contributed by atoms with Gasteiger partial charge in [0.15, 0.2) is 0 Å². The van der Waals surface area contributed by atoms with Crippen LogP contribution in [0.5, 0.6) is 0 Å². The molecular formula is C18H20N4O2S. The van der Waals surface area contributed by atoms with Gasteiger partial charge in [0.25, 0.3) is 5.91 Å². The molecule has 1 saturated heterocycles. The molecule has 0 radical (unpaired) electrons. The van der Waals surface area contributed by atoms with E-state index in [9.17, 15) is 4.79 Å². The summed E-state index contributed by atoms with van der Waals surface area (Å²) in [4.78, 5) is 24.6. The Balaban J connectivity index is 1.44. The molecule has 4 rings (SSSR count). The van der Waals surface area contributed by atoms with Crippen LogP contribution in [0.3, 0.4) is 0 Å². The molecule has 0 saturated carbocycles. The topological polar surface area (TPSA) is 71.3 Å². The average Bonchev–Trinajstić information content (AvgIpc) is 3.22. The lowest BCUT2D eigenvalue weighted by molar-refractivity contribution is 0.0929. The number of amides is 1. The summed E-state index contributed by atoms with van der Waals surface area (Å²) in [6.07, 6.45) is 4.99. The average molecular weight is 356 g/mol. The molecule has 1 aliphatic heterocycles. The fourth-order valence-electron chi connectivity index (χ4n) is 3.36. The van der Waals surface area contributed by atoms with Gasteiger partial charge in [0.1, 0.15) is 22.7 Å². The van der Waals surface area contributed by atoms with Crippen LogP contribution in [0.4, 0.5) is 5.82 Å². The van der Waals surface area contributed by atoms with Crippen LogP contribution in [0.2, 0.25) is 0 Å². The SMILES string of the molecule is Cc1occc1C(=O)NC1CCN(c2ncnc3scc(C)c23)CC1. The van der Waals surface area contributed by atoms with E-state index < -0.39 is 0 Å². The van der Waals surface area contributed by atoms with Crippen molar-refractivity contribution in [3.8, 4) is 0 Å². The molecule has 3 aromatic rings. The van der Waals surface area contributed by atoms with Crippen molar-refractivity contribution in [2.45, 2.75) is 32.7 Å². The van der Waals surface area contributed by atoms with Gasteiger partial charge in [0, 0.05) is 19.1 Å². The Bertz CT molecular complexity index is 909. The van der Waals surface area contributed by atoms with E-state index in [-0.39, 0.29) is 11.9 Å². The molecule has 0 atom stereocenters. The molecule has 0 unspecified atom stereocenters. The molecule has 6 nitrogen and oxygen atoms in total. The third-order valence-corrected chi connectivity index (χ3v) is 5.77. The van der Waals surface area contributed by atoms with Crippen molar-refractivity contribution in [2.24, 2.45) is 0 Å². The Morgan fingerprint density at radius 2 is 2.12 bits per heavy atom. The second-order valence-corrected chi connectivity index (χ2v) is 7.28. The van der Waals surface area contributed by atoms with Gasteiger partial charge >= 0.3 is 0 Å². The summed E-state index contributed by atoms with van der Waals surface area (Å²) < 4.78 is 5.21. The van der Waals surface area contributed by atoms with Gasteiger partial charge < -0.3 is 14.6 Å². The number of thiophene rings is 1. The van der Waals surface area contributed by atoms with E-state index in [1.807, 2.05) is 0 Å². The summed E-state index contributed by atoms with van der Waals surface area (Å²) in [5, 5.41) is 6.41. The highest BCUT2D eigenvalue weighted by atomic mass is 32.1. The minimum atomic E-state index is -0.0530. The molecule has 0 aromatic carbocycles. The Kier molecular flexibility index (Phi) is 4.17. The van der Waals surface area contributed by atoms with Crippen LogP contribution in [-0.2, 0) is 0 Å². The fraction of sp³-hybridized carbons (Fsp3) is 0.389. The molecule has 1 fully saturated rings. The van der Waals surface area contributed by atoms with Crippen LogP contribution < -0.4 is 10.2 Å². The molecule has 25 heavy (non-hydrogen) atoms. The number of hydrogen-bond acceptors (Lipinski definition) is 6. The lowest BCUT2D eigenvalue weighted by Gasteiger charge is -2.33. The van der Waals surface area contributed by atoms with E-state index in [1.54, 1.807) is 36.9 Å². The van der Waals surface area contributed by atoms with Crippen LogP contribution in [-0.4, -0.2) is 35.0 Å². The van der Waals surface area contributed by atoms with Crippen LogP contribution in [0, 0.1) is 13.8 Å². The molecule has 7 heteroatoms. The van der Waals surface area contributed by atoms with E-state index in [4.69, 9.17) is 4.42 Å². The highest BCUT2D eigenvalue weighted by Gasteiger charge is 2.24. The number of hydrogen-bond donors (Lipinski definition) is 1. The number of aryl methyl sites for hydroxylation is 2. The van der Waals surface area contributed by atoms with Crippen LogP contribution in [0.15, 0.2) is 28.5 Å². The van der Waals surface area contributed by atoms with Crippen molar-refractivity contribution in [1.29, 1.82) is 0 Å². The van der Waals surface area contributed by atoms with E-state index in [2.05, 4.69) is 32.5 Å². The monoisotopic (exact) mass is 356 g/mol. The first-order chi connectivity index (χ1) is 12.1. The van der Waals surface area contributed by atoms with Crippen molar-refractivity contribution in [3.05, 3.63) is 40.9 Å². The Hall–Kier alpha value is -2.41. The van der Waals surface area contributed by atoms with Gasteiger partial charge in [-0.3, -0.25) is 4.79 Å². The predicted octanol–water partition coefficient (Wildman–Crippen LogP) is 3.30. The van der Waals surface area contributed by atoms with Crippen molar-refractivity contribution < 1.29 is 9.21 Å². The first-order valence-corrected chi connectivity index (χ1v) is 9.30. The maximum absolute atomic E-state index is 12.3. The quantitative estimate of drug-likeness (QED) is 0.780. The standard InChI is InChI=1S/C18H20N4O2S/c1-11-9-25-18-15(11)16(19-10-20-18)22-6-3-13(4-7-22)21-17(23)14-5-8-24-12(14)2/h5,8-10,13H,3-4,6-7H2,1-2H3,(H,21,23). The second-order valence-electron chi connectivity index (χ2n) is 6.42. The van der Waals surface area contributed by atoms with E-state index in [0.29, 0.717) is 11.3 Å². The van der Waals surface area contributed by atoms with Crippen molar-refractivity contribution >= 4 is 33.3 Å². The van der Waals surface area contributed by atoms with Gasteiger partial charge in [-0.25, -0.2) is 9.97 Å². The summed E-state index contributed by atoms with van der Waals surface area (Å²) in [5.74, 6) is 1.62. The molecule has 0 bridgehead atoms. The maximum atomic E-state index is 12.3. The molecule has 1 N–H and O–H groups in total. The third-order valence-electron chi connectivity index (χ3n) is 4.77. The van der Waals surface area contributed by atoms with Gasteiger partial charge in [-0.05, 0) is 43.7 Å². The summed E-state index contributed by atoms with van der Waals surface area (Å²) in [6.45, 7) is 5.65. The largest absolute Gasteiger partial charge is 0.469 e. The molecular weight excluding hydrogens is 336 g/mol. The Morgan fingerprint density at radius 1 is 1.32 bits per heavy atom.